The van der Waals surface area contributed by atoms with E-state index in [4.69, 9.17) is 0 Å². The predicted octanol–water partition coefficient (Wildman–Crippen LogP) is 1.95. The summed E-state index contributed by atoms with van der Waals surface area (Å²) in [7, 11) is -1.85. The monoisotopic (exact) mass is 353 g/mol. The number of rotatable bonds is 7. The van der Waals surface area contributed by atoms with E-state index < -0.39 is 14.6 Å². The van der Waals surface area contributed by atoms with E-state index in [9.17, 15) is 12.8 Å². The molecule has 1 heterocycles. The minimum absolute atomic E-state index is 0.0282. The van der Waals surface area contributed by atoms with E-state index in [2.05, 4.69) is 25.8 Å². The third-order valence-corrected chi connectivity index (χ3v) is 5.52. The lowest BCUT2D eigenvalue weighted by molar-refractivity contribution is 0.401. The van der Waals surface area contributed by atoms with E-state index in [1.165, 1.54) is 10.7 Å². The van der Waals surface area contributed by atoms with Crippen LogP contribution in [0.2, 0.25) is 0 Å². The molecular weight excluding hydrogens is 337 g/mol. The fourth-order valence-corrected chi connectivity index (χ4v) is 3.57. The first kappa shape index (κ1) is 14.9. The molecule has 2 rings (SSSR count). The summed E-state index contributed by atoms with van der Waals surface area (Å²) in [4.78, 5) is 0. The summed E-state index contributed by atoms with van der Waals surface area (Å²) in [6.07, 6.45) is 4.44. The van der Waals surface area contributed by atoms with Crippen molar-refractivity contribution in [3.05, 3.63) is 12.3 Å². The second kappa shape index (κ2) is 5.49. The Balaban J connectivity index is 1.68. The van der Waals surface area contributed by atoms with Crippen LogP contribution in [0.3, 0.4) is 0 Å². The molecule has 5 nitrogen and oxygen atoms in total. The average Bonchev–Trinajstić information content (AvgIpc) is 2.72. The molecular formula is C11H17BrFN3O2S. The highest BCUT2D eigenvalue weighted by molar-refractivity contribution is 9.10. The number of hydrogen-bond donors (Lipinski definition) is 1. The van der Waals surface area contributed by atoms with Gasteiger partial charge in [0.05, 0.1) is 0 Å². The van der Waals surface area contributed by atoms with Crippen LogP contribution in [0.5, 0.6) is 0 Å². The summed E-state index contributed by atoms with van der Waals surface area (Å²) in [6, 6.07) is 1.45. The van der Waals surface area contributed by atoms with E-state index in [0.717, 1.165) is 12.8 Å². The molecule has 1 aliphatic rings. The van der Waals surface area contributed by atoms with Gasteiger partial charge in [-0.3, -0.25) is 4.68 Å². The third kappa shape index (κ3) is 4.00. The summed E-state index contributed by atoms with van der Waals surface area (Å²) in [5.74, 6) is 0.0832. The molecule has 1 fully saturated rings. The Morgan fingerprint density at radius 2 is 2.32 bits per heavy atom. The van der Waals surface area contributed by atoms with Gasteiger partial charge in [0.15, 0.2) is 9.60 Å². The van der Waals surface area contributed by atoms with Crippen molar-refractivity contribution < 1.29 is 12.8 Å². The number of sulfonamides is 1. The first-order valence-corrected chi connectivity index (χ1v) is 8.46. The Bertz CT molecular complexity index is 544. The Kier molecular flexibility index (Phi) is 4.32. The molecule has 2 unspecified atom stereocenters. The van der Waals surface area contributed by atoms with E-state index in [0.29, 0.717) is 19.4 Å². The molecule has 2 atom stereocenters. The maximum atomic E-state index is 13.2. The van der Waals surface area contributed by atoms with Gasteiger partial charge >= 0.3 is 0 Å². The van der Waals surface area contributed by atoms with Gasteiger partial charge in [0.1, 0.15) is 0 Å². The van der Waals surface area contributed by atoms with Crippen LogP contribution in [-0.2, 0) is 17.1 Å². The number of aryl methyl sites for hydroxylation is 1. The van der Waals surface area contributed by atoms with Crippen LogP contribution in [0.4, 0.5) is 4.39 Å². The first-order valence-electron chi connectivity index (χ1n) is 6.18. The molecule has 108 valence electrons. The molecule has 1 aromatic rings. The van der Waals surface area contributed by atoms with Crippen LogP contribution in [0.1, 0.15) is 25.7 Å². The van der Waals surface area contributed by atoms with E-state index in [1.807, 2.05) is 0 Å². The minimum atomic E-state index is -3.51. The standard InChI is InChI=1S/C11H17BrFN3O2S/c1-16-7-5-10(15-16)19(17,18)14-6-3-2-4-9-8-11(9,12)13/h5,7,9,14H,2-4,6,8H2,1H3. The van der Waals surface area contributed by atoms with Crippen molar-refractivity contribution in [1.82, 2.24) is 14.5 Å². The Labute approximate surface area is 120 Å². The highest BCUT2D eigenvalue weighted by atomic mass is 79.9. The molecule has 0 saturated heterocycles. The Morgan fingerprint density at radius 1 is 1.63 bits per heavy atom. The van der Waals surface area contributed by atoms with Crippen LogP contribution < -0.4 is 4.72 Å². The number of alkyl halides is 2. The molecule has 1 aliphatic carbocycles. The molecule has 1 saturated carbocycles. The zero-order valence-corrected chi connectivity index (χ0v) is 13.0. The summed E-state index contributed by atoms with van der Waals surface area (Å²) in [6.45, 7) is 0.354. The maximum Gasteiger partial charge on any atom is 0.259 e. The van der Waals surface area contributed by atoms with E-state index in [-0.39, 0.29) is 10.9 Å². The van der Waals surface area contributed by atoms with Gasteiger partial charge in [-0.25, -0.2) is 17.5 Å². The molecule has 1 N–H and O–H groups in total. The van der Waals surface area contributed by atoms with Crippen LogP contribution in [-0.4, -0.2) is 29.3 Å². The van der Waals surface area contributed by atoms with Gasteiger partial charge in [-0.15, -0.1) is 0 Å². The molecule has 0 spiro atoms. The van der Waals surface area contributed by atoms with Gasteiger partial charge < -0.3 is 0 Å². The van der Waals surface area contributed by atoms with Crippen molar-refractivity contribution in [3.63, 3.8) is 0 Å². The molecule has 19 heavy (non-hydrogen) atoms. The van der Waals surface area contributed by atoms with E-state index in [1.54, 1.807) is 13.2 Å². The van der Waals surface area contributed by atoms with E-state index >= 15 is 0 Å². The fraction of sp³-hybridized carbons (Fsp3) is 0.727. The Morgan fingerprint density at radius 3 is 2.84 bits per heavy atom. The second-order valence-electron chi connectivity index (χ2n) is 4.88. The van der Waals surface area contributed by atoms with Crippen LogP contribution >= 0.6 is 15.9 Å². The zero-order valence-electron chi connectivity index (χ0n) is 10.6. The molecule has 1 aromatic heterocycles. The van der Waals surface area contributed by atoms with Crippen molar-refractivity contribution in [2.24, 2.45) is 13.0 Å². The molecule has 0 bridgehead atoms. The summed E-state index contributed by atoms with van der Waals surface area (Å²) < 4.78 is 39.6. The fourth-order valence-electron chi connectivity index (χ4n) is 1.92. The highest BCUT2D eigenvalue weighted by Crippen LogP contribution is 2.54. The summed E-state index contributed by atoms with van der Waals surface area (Å²) >= 11 is 3.00. The number of nitrogens with zero attached hydrogens (tertiary/aromatic N) is 2. The van der Waals surface area contributed by atoms with Crippen molar-refractivity contribution in [2.45, 2.75) is 35.3 Å². The molecule has 0 radical (unpaired) electrons. The zero-order chi connectivity index (χ0) is 14.1. The lowest BCUT2D eigenvalue weighted by Gasteiger charge is -2.04. The smallest absolute Gasteiger partial charge is 0.259 e. The number of nitrogens with one attached hydrogen (secondary N) is 1. The van der Waals surface area contributed by atoms with Crippen molar-refractivity contribution in [3.8, 4) is 0 Å². The molecule has 8 heteroatoms. The topological polar surface area (TPSA) is 64.0 Å². The summed E-state index contributed by atoms with van der Waals surface area (Å²) in [5.41, 5.74) is 0. The average molecular weight is 354 g/mol. The summed E-state index contributed by atoms with van der Waals surface area (Å²) in [5, 5.41) is 3.88. The van der Waals surface area contributed by atoms with Gasteiger partial charge in [-0.2, -0.15) is 5.10 Å². The third-order valence-electron chi connectivity index (χ3n) is 3.19. The lowest BCUT2D eigenvalue weighted by atomic mass is 10.2. The maximum absolute atomic E-state index is 13.2. The van der Waals surface area contributed by atoms with Crippen LogP contribution in [0, 0.1) is 5.92 Å². The normalized spacial score (nSPS) is 26.6. The van der Waals surface area contributed by atoms with Crippen LogP contribution in [0.15, 0.2) is 17.3 Å². The van der Waals surface area contributed by atoms with Gasteiger partial charge in [0.2, 0.25) is 0 Å². The SMILES string of the molecule is Cn1ccc(S(=O)(=O)NCCCCC2CC2(F)Br)n1. The van der Waals surface area contributed by atoms with Crippen molar-refractivity contribution >= 4 is 26.0 Å². The number of aromatic nitrogens is 2. The Hall–Kier alpha value is -0.470. The van der Waals surface area contributed by atoms with Crippen molar-refractivity contribution in [1.29, 1.82) is 0 Å². The van der Waals surface area contributed by atoms with Gasteiger partial charge in [-0.1, -0.05) is 6.42 Å². The van der Waals surface area contributed by atoms with Gasteiger partial charge in [0, 0.05) is 25.7 Å². The number of halogens is 2. The van der Waals surface area contributed by atoms with Crippen molar-refractivity contribution in [2.75, 3.05) is 6.54 Å². The molecule has 0 aliphatic heterocycles. The number of hydrogen-bond acceptors (Lipinski definition) is 3. The van der Waals surface area contributed by atoms with Gasteiger partial charge in [0.25, 0.3) is 10.0 Å². The largest absolute Gasteiger partial charge is 0.274 e. The number of unbranched alkanes of at least 4 members (excludes halogenated alkanes) is 1. The minimum Gasteiger partial charge on any atom is -0.274 e. The second-order valence-corrected chi connectivity index (χ2v) is 7.92. The quantitative estimate of drug-likeness (QED) is 0.601. The lowest BCUT2D eigenvalue weighted by Crippen LogP contribution is -2.25. The van der Waals surface area contributed by atoms with Gasteiger partial charge in [-0.05, 0) is 41.3 Å². The predicted molar refractivity (Wildman–Crippen MR) is 73.1 cm³/mol. The molecule has 0 aromatic carbocycles. The highest BCUT2D eigenvalue weighted by Gasteiger charge is 2.52. The van der Waals surface area contributed by atoms with Crippen LogP contribution in [0.25, 0.3) is 0 Å². The molecule has 0 amide bonds. The first-order chi connectivity index (χ1) is 8.81.